The number of rotatable bonds is 1. The van der Waals surface area contributed by atoms with Gasteiger partial charge >= 0.3 is 0 Å². The molecule has 2 saturated carbocycles. The Morgan fingerprint density at radius 3 is 2.24 bits per heavy atom. The number of aromatic nitrogens is 1. The fourth-order valence-electron chi connectivity index (χ4n) is 4.22. The molecule has 2 heterocycles. The Balaban J connectivity index is 1.75. The Morgan fingerprint density at radius 1 is 1.14 bits per heavy atom. The van der Waals surface area contributed by atoms with Gasteiger partial charge in [0, 0.05) is 15.9 Å². The number of fused-ring (bicyclic) bond motifs is 5. The van der Waals surface area contributed by atoms with Crippen LogP contribution >= 0.6 is 31.9 Å². The molecule has 1 aromatic heterocycles. The Hall–Kier alpha value is -0.750. The van der Waals surface area contributed by atoms with Crippen LogP contribution in [0.2, 0.25) is 0 Å². The predicted octanol–water partition coefficient (Wildman–Crippen LogP) is 2.67. The summed E-state index contributed by atoms with van der Waals surface area (Å²) < 4.78 is 0. The number of hydrogen-bond donors (Lipinski definition) is 0. The van der Waals surface area contributed by atoms with Crippen molar-refractivity contribution in [1.82, 2.24) is 4.98 Å². The summed E-state index contributed by atoms with van der Waals surface area (Å²) in [6.07, 6.45) is 2.60. The first kappa shape index (κ1) is 13.9. The number of pyridine rings is 1. The van der Waals surface area contributed by atoms with Crippen LogP contribution in [0.5, 0.6) is 0 Å². The topological polar surface area (TPSA) is 50.3 Å². The van der Waals surface area contributed by atoms with Crippen molar-refractivity contribution in [3.63, 3.8) is 0 Å². The third-order valence-corrected chi connectivity index (χ3v) is 8.32. The standard InChI is InChI=1S/C15H14Br2N2O2/c1-6-2-3-18-9(4-6)19-14(20)10-7-5-8(11(10)15(19)21)13(17)12(7)16/h2-4,7-8,10-13H,5H2,1H3/t7-,8+,10-,11+,12-,13+. The van der Waals surface area contributed by atoms with E-state index in [4.69, 9.17) is 0 Å². The molecule has 0 unspecified atom stereocenters. The minimum Gasteiger partial charge on any atom is -0.274 e. The number of aryl methyl sites for hydroxylation is 1. The summed E-state index contributed by atoms with van der Waals surface area (Å²) in [6, 6.07) is 3.66. The summed E-state index contributed by atoms with van der Waals surface area (Å²) >= 11 is 7.38. The molecule has 1 aliphatic heterocycles. The van der Waals surface area contributed by atoms with Crippen molar-refractivity contribution in [3.8, 4) is 0 Å². The molecule has 2 amide bonds. The molecule has 3 aliphatic rings. The Labute approximate surface area is 139 Å². The third kappa shape index (κ3) is 1.75. The molecule has 4 rings (SSSR count). The van der Waals surface area contributed by atoms with E-state index in [1.807, 2.05) is 13.0 Å². The van der Waals surface area contributed by atoms with Crippen molar-refractivity contribution in [1.29, 1.82) is 0 Å². The molecule has 1 saturated heterocycles. The van der Waals surface area contributed by atoms with E-state index in [1.165, 1.54) is 4.90 Å². The molecular formula is C15H14Br2N2O2. The number of amides is 2. The summed E-state index contributed by atoms with van der Waals surface area (Å²) in [6.45, 7) is 1.93. The zero-order valence-electron chi connectivity index (χ0n) is 11.4. The maximum atomic E-state index is 12.8. The molecule has 6 heteroatoms. The fraction of sp³-hybridized carbons (Fsp3) is 0.533. The third-order valence-electron chi connectivity index (χ3n) is 5.12. The second-order valence-electron chi connectivity index (χ2n) is 6.21. The Morgan fingerprint density at radius 2 is 1.71 bits per heavy atom. The number of anilines is 1. The van der Waals surface area contributed by atoms with Crippen LogP contribution < -0.4 is 4.90 Å². The number of hydrogen-bond acceptors (Lipinski definition) is 3. The SMILES string of the molecule is Cc1ccnc(N2C(=O)[C@@H]3[C@H]4C[C@H]([C@H](Br)[C@@H]4Br)[C@@H]3C2=O)c1. The number of nitrogens with zero attached hydrogens (tertiary/aromatic N) is 2. The first-order valence-electron chi connectivity index (χ1n) is 7.09. The number of carbonyl (C=O) groups is 2. The summed E-state index contributed by atoms with van der Waals surface area (Å²) in [5.74, 6) is 0.465. The number of carbonyl (C=O) groups excluding carboxylic acids is 2. The first-order valence-corrected chi connectivity index (χ1v) is 8.92. The highest BCUT2D eigenvalue weighted by Gasteiger charge is 2.66. The van der Waals surface area contributed by atoms with Gasteiger partial charge in [-0.15, -0.1) is 0 Å². The molecule has 2 aliphatic carbocycles. The fourth-order valence-corrected chi connectivity index (χ4v) is 6.09. The van der Waals surface area contributed by atoms with Crippen molar-refractivity contribution in [2.24, 2.45) is 23.7 Å². The average Bonchev–Trinajstić information content (AvgIpc) is 3.04. The molecule has 4 nitrogen and oxygen atoms in total. The van der Waals surface area contributed by atoms with Gasteiger partial charge < -0.3 is 0 Å². The van der Waals surface area contributed by atoms with Crippen LogP contribution in [0.3, 0.4) is 0 Å². The normalized spacial score (nSPS) is 41.0. The maximum absolute atomic E-state index is 12.8. The monoisotopic (exact) mass is 412 g/mol. The predicted molar refractivity (Wildman–Crippen MR) is 85.5 cm³/mol. The van der Waals surface area contributed by atoms with Crippen molar-refractivity contribution in [2.45, 2.75) is 23.0 Å². The lowest BCUT2D eigenvalue weighted by molar-refractivity contribution is -0.123. The van der Waals surface area contributed by atoms with E-state index in [9.17, 15) is 9.59 Å². The molecule has 1 aromatic rings. The number of halogens is 2. The molecule has 21 heavy (non-hydrogen) atoms. The van der Waals surface area contributed by atoms with Gasteiger partial charge in [0.1, 0.15) is 5.82 Å². The number of imide groups is 1. The highest BCUT2D eigenvalue weighted by molar-refractivity contribution is 9.12. The van der Waals surface area contributed by atoms with Crippen molar-refractivity contribution < 1.29 is 9.59 Å². The van der Waals surface area contributed by atoms with Crippen LogP contribution in [0.4, 0.5) is 5.82 Å². The van der Waals surface area contributed by atoms with Gasteiger partial charge in [-0.25, -0.2) is 9.88 Å². The van der Waals surface area contributed by atoms with E-state index in [0.717, 1.165) is 12.0 Å². The molecule has 0 spiro atoms. The van der Waals surface area contributed by atoms with E-state index in [1.54, 1.807) is 12.3 Å². The molecular weight excluding hydrogens is 400 g/mol. The molecule has 110 valence electrons. The average molecular weight is 414 g/mol. The van der Waals surface area contributed by atoms with Gasteiger partial charge in [-0.3, -0.25) is 9.59 Å². The quantitative estimate of drug-likeness (QED) is 0.525. The second-order valence-corrected chi connectivity index (χ2v) is 8.32. The molecule has 6 atom stereocenters. The number of alkyl halides is 2. The van der Waals surface area contributed by atoms with E-state index in [-0.39, 0.29) is 45.1 Å². The smallest absolute Gasteiger partial charge is 0.239 e. The van der Waals surface area contributed by atoms with Crippen LogP contribution in [0, 0.1) is 30.6 Å². The lowest BCUT2D eigenvalue weighted by Crippen LogP contribution is -2.37. The van der Waals surface area contributed by atoms with Crippen LogP contribution in [0.1, 0.15) is 12.0 Å². The highest BCUT2D eigenvalue weighted by Crippen LogP contribution is 2.60. The molecule has 0 radical (unpaired) electrons. The minimum absolute atomic E-state index is 0.0700. The Bertz CT molecular complexity index is 618. The van der Waals surface area contributed by atoms with E-state index in [0.29, 0.717) is 5.82 Å². The second kappa shape index (κ2) is 4.62. The van der Waals surface area contributed by atoms with Gasteiger partial charge in [0.25, 0.3) is 0 Å². The van der Waals surface area contributed by atoms with Crippen LogP contribution in [-0.4, -0.2) is 26.5 Å². The molecule has 2 bridgehead atoms. The van der Waals surface area contributed by atoms with Crippen molar-refractivity contribution in [3.05, 3.63) is 23.9 Å². The zero-order valence-corrected chi connectivity index (χ0v) is 14.5. The maximum Gasteiger partial charge on any atom is 0.239 e. The largest absolute Gasteiger partial charge is 0.274 e. The Kier molecular flexibility index (Phi) is 3.05. The summed E-state index contributed by atoms with van der Waals surface area (Å²) in [5, 5.41) is 0. The van der Waals surface area contributed by atoms with Gasteiger partial charge in [-0.05, 0) is 42.9 Å². The van der Waals surface area contributed by atoms with E-state index >= 15 is 0 Å². The summed E-state index contributed by atoms with van der Waals surface area (Å²) in [7, 11) is 0. The summed E-state index contributed by atoms with van der Waals surface area (Å²) in [4.78, 5) is 31.6. The van der Waals surface area contributed by atoms with Crippen molar-refractivity contribution >= 4 is 49.5 Å². The van der Waals surface area contributed by atoms with Crippen molar-refractivity contribution in [2.75, 3.05) is 4.90 Å². The summed E-state index contributed by atoms with van der Waals surface area (Å²) in [5.41, 5.74) is 0.998. The minimum atomic E-state index is -0.178. The van der Waals surface area contributed by atoms with Gasteiger partial charge in [0.05, 0.1) is 11.8 Å². The van der Waals surface area contributed by atoms with Crippen LogP contribution in [0.15, 0.2) is 18.3 Å². The van der Waals surface area contributed by atoms with Gasteiger partial charge in [0.15, 0.2) is 0 Å². The van der Waals surface area contributed by atoms with E-state index < -0.39 is 0 Å². The first-order chi connectivity index (χ1) is 10.0. The van der Waals surface area contributed by atoms with Crippen LogP contribution in [0.25, 0.3) is 0 Å². The molecule has 3 fully saturated rings. The lowest BCUT2D eigenvalue weighted by atomic mass is 9.81. The molecule has 0 aromatic carbocycles. The lowest BCUT2D eigenvalue weighted by Gasteiger charge is -2.28. The van der Waals surface area contributed by atoms with Gasteiger partial charge in [0.2, 0.25) is 11.8 Å². The zero-order chi connectivity index (χ0) is 14.9. The molecule has 0 N–H and O–H groups in total. The highest BCUT2D eigenvalue weighted by atomic mass is 79.9. The van der Waals surface area contributed by atoms with Gasteiger partial charge in [-0.2, -0.15) is 0 Å². The van der Waals surface area contributed by atoms with Gasteiger partial charge in [-0.1, -0.05) is 31.9 Å². The van der Waals surface area contributed by atoms with E-state index in [2.05, 4.69) is 36.8 Å². The van der Waals surface area contributed by atoms with Crippen LogP contribution in [-0.2, 0) is 9.59 Å².